The third-order valence-corrected chi connectivity index (χ3v) is 2.86. The van der Waals surface area contributed by atoms with Crippen LogP contribution in [0.5, 0.6) is 0 Å². The van der Waals surface area contributed by atoms with Crippen LogP contribution in [0.3, 0.4) is 0 Å². The molecule has 0 saturated carbocycles. The molecule has 1 rings (SSSR count). The number of nitrogens with one attached hydrogen (secondary N) is 1. The van der Waals surface area contributed by atoms with Gasteiger partial charge in [-0.1, -0.05) is 20.3 Å². The maximum absolute atomic E-state index is 4.18. The van der Waals surface area contributed by atoms with E-state index in [0.717, 1.165) is 16.8 Å². The van der Waals surface area contributed by atoms with Gasteiger partial charge in [0.25, 0.3) is 0 Å². The van der Waals surface area contributed by atoms with Crippen LogP contribution in [0.25, 0.3) is 0 Å². The fraction of sp³-hybridized carbons (Fsp3) is 0.636. The Morgan fingerprint density at radius 3 is 2.47 bits per heavy atom. The molecule has 1 aromatic heterocycles. The third-order valence-electron chi connectivity index (χ3n) is 2.45. The molecule has 1 N–H and O–H groups in total. The van der Waals surface area contributed by atoms with Crippen molar-refractivity contribution in [3.8, 4) is 0 Å². The Labute approximate surface area is 99.8 Å². The van der Waals surface area contributed by atoms with Gasteiger partial charge in [0.2, 0.25) is 5.95 Å². The number of halogens is 1. The quantitative estimate of drug-likeness (QED) is 0.891. The zero-order valence-corrected chi connectivity index (χ0v) is 11.1. The number of rotatable bonds is 5. The summed E-state index contributed by atoms with van der Waals surface area (Å²) in [5, 5.41) is 3.29. The predicted molar refractivity (Wildman–Crippen MR) is 66.9 cm³/mol. The summed E-state index contributed by atoms with van der Waals surface area (Å²) in [6.45, 7) is 6.64. The zero-order chi connectivity index (χ0) is 11.3. The molecule has 0 radical (unpaired) electrons. The highest BCUT2D eigenvalue weighted by Gasteiger charge is 2.07. The first kappa shape index (κ1) is 12.4. The lowest BCUT2D eigenvalue weighted by atomic mass is 10.0. The molecule has 0 aromatic carbocycles. The highest BCUT2D eigenvalue weighted by Crippen LogP contribution is 2.13. The number of aromatic nitrogens is 2. The van der Waals surface area contributed by atoms with Crippen LogP contribution in [-0.2, 0) is 0 Å². The Balaban J connectivity index is 2.44. The van der Waals surface area contributed by atoms with Crippen LogP contribution in [0.15, 0.2) is 16.9 Å². The van der Waals surface area contributed by atoms with E-state index in [4.69, 9.17) is 0 Å². The van der Waals surface area contributed by atoms with Gasteiger partial charge in [0, 0.05) is 18.4 Å². The van der Waals surface area contributed by atoms with Crippen molar-refractivity contribution in [1.29, 1.82) is 0 Å². The van der Waals surface area contributed by atoms with Gasteiger partial charge in [-0.05, 0) is 35.2 Å². The van der Waals surface area contributed by atoms with Crippen LogP contribution in [0.4, 0.5) is 5.95 Å². The lowest BCUT2D eigenvalue weighted by molar-refractivity contribution is 0.482. The standard InChI is InChI=1S/C11H18BrN3/c1-4-8(2)5-9(3)15-11-13-6-10(12)7-14-11/h6-9H,4-5H2,1-3H3,(H,13,14,15). The van der Waals surface area contributed by atoms with E-state index in [9.17, 15) is 0 Å². The molecule has 2 atom stereocenters. The molecular formula is C11H18BrN3. The first-order chi connectivity index (χ1) is 7.11. The number of hydrogen-bond donors (Lipinski definition) is 1. The van der Waals surface area contributed by atoms with Gasteiger partial charge in [0.05, 0.1) is 4.47 Å². The van der Waals surface area contributed by atoms with Gasteiger partial charge in [-0.3, -0.25) is 0 Å². The summed E-state index contributed by atoms with van der Waals surface area (Å²) in [6, 6.07) is 0.418. The molecule has 1 aromatic rings. The molecule has 1 heterocycles. The molecular weight excluding hydrogens is 254 g/mol. The maximum Gasteiger partial charge on any atom is 0.222 e. The van der Waals surface area contributed by atoms with E-state index < -0.39 is 0 Å². The van der Waals surface area contributed by atoms with E-state index in [-0.39, 0.29) is 0 Å². The molecule has 0 aliphatic heterocycles. The van der Waals surface area contributed by atoms with Gasteiger partial charge in [-0.2, -0.15) is 0 Å². The molecule has 0 aliphatic rings. The number of nitrogens with zero attached hydrogens (tertiary/aromatic N) is 2. The zero-order valence-electron chi connectivity index (χ0n) is 9.50. The van der Waals surface area contributed by atoms with Crippen molar-refractivity contribution in [2.75, 3.05) is 5.32 Å². The van der Waals surface area contributed by atoms with Crippen LogP contribution < -0.4 is 5.32 Å². The second-order valence-corrected chi connectivity index (χ2v) is 4.94. The van der Waals surface area contributed by atoms with Crippen molar-refractivity contribution >= 4 is 21.9 Å². The van der Waals surface area contributed by atoms with Crippen molar-refractivity contribution in [3.05, 3.63) is 16.9 Å². The molecule has 0 amide bonds. The highest BCUT2D eigenvalue weighted by molar-refractivity contribution is 9.10. The van der Waals surface area contributed by atoms with E-state index in [0.29, 0.717) is 12.0 Å². The van der Waals surface area contributed by atoms with Gasteiger partial charge in [-0.15, -0.1) is 0 Å². The summed E-state index contributed by atoms with van der Waals surface area (Å²) >= 11 is 3.31. The minimum Gasteiger partial charge on any atom is -0.352 e. The second kappa shape index (κ2) is 6.05. The molecule has 3 nitrogen and oxygen atoms in total. The summed E-state index contributed by atoms with van der Waals surface area (Å²) in [5.41, 5.74) is 0. The minimum absolute atomic E-state index is 0.418. The molecule has 84 valence electrons. The minimum atomic E-state index is 0.418. The summed E-state index contributed by atoms with van der Waals surface area (Å²) in [7, 11) is 0. The molecule has 15 heavy (non-hydrogen) atoms. The van der Waals surface area contributed by atoms with Gasteiger partial charge in [0.1, 0.15) is 0 Å². The van der Waals surface area contributed by atoms with E-state index in [1.165, 1.54) is 6.42 Å². The van der Waals surface area contributed by atoms with Crippen molar-refractivity contribution < 1.29 is 0 Å². The van der Waals surface area contributed by atoms with Gasteiger partial charge >= 0.3 is 0 Å². The molecule has 0 spiro atoms. The average molecular weight is 272 g/mol. The number of hydrogen-bond acceptors (Lipinski definition) is 3. The topological polar surface area (TPSA) is 37.8 Å². The molecule has 0 fully saturated rings. The Bertz CT molecular complexity index is 286. The van der Waals surface area contributed by atoms with Crippen LogP contribution >= 0.6 is 15.9 Å². The number of anilines is 1. The Hall–Kier alpha value is -0.640. The highest BCUT2D eigenvalue weighted by atomic mass is 79.9. The van der Waals surface area contributed by atoms with Crippen molar-refractivity contribution in [1.82, 2.24) is 9.97 Å². The van der Waals surface area contributed by atoms with Gasteiger partial charge < -0.3 is 5.32 Å². The summed E-state index contributed by atoms with van der Waals surface area (Å²) < 4.78 is 0.905. The van der Waals surface area contributed by atoms with Crippen LogP contribution in [0.1, 0.15) is 33.6 Å². The van der Waals surface area contributed by atoms with E-state index in [1.807, 2.05) is 0 Å². The largest absolute Gasteiger partial charge is 0.352 e. The molecule has 0 aliphatic carbocycles. The molecule has 2 unspecified atom stereocenters. The van der Waals surface area contributed by atoms with E-state index >= 15 is 0 Å². The smallest absolute Gasteiger partial charge is 0.222 e. The van der Waals surface area contributed by atoms with Gasteiger partial charge in [0.15, 0.2) is 0 Å². The SMILES string of the molecule is CCC(C)CC(C)Nc1ncc(Br)cn1. The Morgan fingerprint density at radius 2 is 1.93 bits per heavy atom. The third kappa shape index (κ3) is 4.60. The summed E-state index contributed by atoms with van der Waals surface area (Å²) in [4.78, 5) is 8.36. The lowest BCUT2D eigenvalue weighted by Gasteiger charge is -2.17. The average Bonchev–Trinajstić information content (AvgIpc) is 2.21. The van der Waals surface area contributed by atoms with Crippen LogP contribution in [0.2, 0.25) is 0 Å². The first-order valence-electron chi connectivity index (χ1n) is 5.36. The second-order valence-electron chi connectivity index (χ2n) is 4.02. The van der Waals surface area contributed by atoms with Crippen LogP contribution in [0, 0.1) is 5.92 Å². The fourth-order valence-electron chi connectivity index (χ4n) is 1.44. The summed E-state index contributed by atoms with van der Waals surface area (Å²) in [6.07, 6.45) is 5.87. The summed E-state index contributed by atoms with van der Waals surface area (Å²) in [5.74, 6) is 1.44. The maximum atomic E-state index is 4.18. The predicted octanol–water partition coefficient (Wildman–Crippen LogP) is 3.48. The van der Waals surface area contributed by atoms with Crippen molar-refractivity contribution in [2.24, 2.45) is 5.92 Å². The van der Waals surface area contributed by atoms with Gasteiger partial charge in [-0.25, -0.2) is 9.97 Å². The van der Waals surface area contributed by atoms with E-state index in [2.05, 4.69) is 52.0 Å². The molecule has 0 saturated heterocycles. The molecule has 0 bridgehead atoms. The first-order valence-corrected chi connectivity index (χ1v) is 6.15. The lowest BCUT2D eigenvalue weighted by Crippen LogP contribution is -2.19. The Morgan fingerprint density at radius 1 is 1.33 bits per heavy atom. The Kier molecular flexibility index (Phi) is 5.02. The van der Waals surface area contributed by atoms with Crippen molar-refractivity contribution in [3.63, 3.8) is 0 Å². The molecule has 4 heteroatoms. The fourth-order valence-corrected chi connectivity index (χ4v) is 1.64. The van der Waals surface area contributed by atoms with Crippen LogP contribution in [-0.4, -0.2) is 16.0 Å². The normalized spacial score (nSPS) is 14.7. The van der Waals surface area contributed by atoms with Crippen molar-refractivity contribution in [2.45, 2.75) is 39.7 Å². The monoisotopic (exact) mass is 271 g/mol. The van der Waals surface area contributed by atoms with E-state index in [1.54, 1.807) is 12.4 Å².